The van der Waals surface area contributed by atoms with E-state index < -0.39 is 0 Å². The molecule has 0 amide bonds. The molecule has 0 aliphatic carbocycles. The molecule has 2 aromatic heterocycles. The Balaban J connectivity index is 1.83. The minimum absolute atomic E-state index is 0.390. The van der Waals surface area contributed by atoms with E-state index in [0.29, 0.717) is 11.7 Å². The van der Waals surface area contributed by atoms with Gasteiger partial charge in [0.15, 0.2) is 0 Å². The molecule has 1 aliphatic rings. The summed E-state index contributed by atoms with van der Waals surface area (Å²) in [4.78, 5) is 8.65. The van der Waals surface area contributed by atoms with Crippen molar-refractivity contribution >= 4 is 0 Å². The second-order valence-electron chi connectivity index (χ2n) is 4.20. The number of piperidine rings is 1. The highest BCUT2D eigenvalue weighted by Gasteiger charge is 2.21. The maximum absolute atomic E-state index is 5.33. The first-order valence-corrected chi connectivity index (χ1v) is 5.89. The van der Waals surface area contributed by atoms with E-state index in [1.807, 2.05) is 18.2 Å². The van der Waals surface area contributed by atoms with Crippen LogP contribution in [0, 0.1) is 0 Å². The highest BCUT2D eigenvalue weighted by molar-refractivity contribution is 5.47. The van der Waals surface area contributed by atoms with Gasteiger partial charge in [-0.1, -0.05) is 11.2 Å². The predicted octanol–water partition coefficient (Wildman–Crippen LogP) is 1.60. The molecule has 0 radical (unpaired) electrons. The van der Waals surface area contributed by atoms with Gasteiger partial charge in [0, 0.05) is 12.1 Å². The van der Waals surface area contributed by atoms with Crippen LogP contribution in [0.1, 0.15) is 24.7 Å². The minimum atomic E-state index is 0.390. The van der Waals surface area contributed by atoms with E-state index in [4.69, 9.17) is 4.52 Å². The lowest BCUT2D eigenvalue weighted by Gasteiger charge is -2.18. The van der Waals surface area contributed by atoms with E-state index in [2.05, 4.69) is 20.4 Å². The highest BCUT2D eigenvalue weighted by Crippen LogP contribution is 2.25. The van der Waals surface area contributed by atoms with Crippen LogP contribution in [-0.4, -0.2) is 28.2 Å². The molecule has 1 N–H and O–H groups in total. The molecule has 1 saturated heterocycles. The lowest BCUT2D eigenvalue weighted by atomic mass is 9.98. The quantitative estimate of drug-likeness (QED) is 0.849. The number of aromatic nitrogens is 3. The molecule has 0 aromatic carbocycles. The molecule has 0 atom stereocenters. The molecule has 0 unspecified atom stereocenters. The zero-order valence-electron chi connectivity index (χ0n) is 9.47. The van der Waals surface area contributed by atoms with E-state index in [1.165, 1.54) is 0 Å². The Morgan fingerprint density at radius 3 is 2.88 bits per heavy atom. The largest absolute Gasteiger partial charge is 0.339 e. The molecule has 1 fully saturated rings. The van der Waals surface area contributed by atoms with E-state index in [0.717, 1.165) is 37.5 Å². The van der Waals surface area contributed by atoms with E-state index >= 15 is 0 Å². The van der Waals surface area contributed by atoms with Crippen LogP contribution >= 0.6 is 0 Å². The van der Waals surface area contributed by atoms with Gasteiger partial charge in [0.25, 0.3) is 0 Å². The number of nitrogens with zero attached hydrogens (tertiary/aromatic N) is 3. The topological polar surface area (TPSA) is 63.8 Å². The molecule has 88 valence electrons. The van der Waals surface area contributed by atoms with E-state index in [-0.39, 0.29) is 0 Å². The third-order valence-electron chi connectivity index (χ3n) is 3.02. The summed E-state index contributed by atoms with van der Waals surface area (Å²) in [5.74, 6) is 1.72. The Morgan fingerprint density at radius 2 is 2.12 bits per heavy atom. The van der Waals surface area contributed by atoms with Crippen LogP contribution in [0.3, 0.4) is 0 Å². The zero-order valence-corrected chi connectivity index (χ0v) is 9.47. The Labute approximate surface area is 99.3 Å². The van der Waals surface area contributed by atoms with Gasteiger partial charge in [0.05, 0.1) is 0 Å². The van der Waals surface area contributed by atoms with Gasteiger partial charge in [-0.15, -0.1) is 0 Å². The Morgan fingerprint density at radius 1 is 1.24 bits per heavy atom. The third-order valence-corrected chi connectivity index (χ3v) is 3.02. The van der Waals surface area contributed by atoms with Crippen LogP contribution in [0.4, 0.5) is 0 Å². The monoisotopic (exact) mass is 230 g/mol. The SMILES string of the molecule is c1ccc(-c2noc(C3CCNCC3)n2)nc1. The van der Waals surface area contributed by atoms with Gasteiger partial charge in [-0.3, -0.25) is 4.98 Å². The predicted molar refractivity (Wildman–Crippen MR) is 62.4 cm³/mol. The van der Waals surface area contributed by atoms with Crippen molar-refractivity contribution in [1.29, 1.82) is 0 Å². The average molecular weight is 230 g/mol. The maximum atomic E-state index is 5.33. The first-order chi connectivity index (χ1) is 8.43. The van der Waals surface area contributed by atoms with E-state index in [1.54, 1.807) is 6.20 Å². The Kier molecular flexibility index (Phi) is 2.83. The van der Waals surface area contributed by atoms with Gasteiger partial charge in [-0.05, 0) is 38.1 Å². The van der Waals surface area contributed by atoms with E-state index in [9.17, 15) is 0 Å². The van der Waals surface area contributed by atoms with Crippen molar-refractivity contribution in [2.45, 2.75) is 18.8 Å². The first-order valence-electron chi connectivity index (χ1n) is 5.89. The summed E-state index contributed by atoms with van der Waals surface area (Å²) >= 11 is 0. The van der Waals surface area contributed by atoms with Crippen molar-refractivity contribution in [2.75, 3.05) is 13.1 Å². The second-order valence-corrected chi connectivity index (χ2v) is 4.20. The molecule has 5 heteroatoms. The van der Waals surface area contributed by atoms with Crippen LogP contribution in [0.25, 0.3) is 11.5 Å². The number of hydrogen-bond donors (Lipinski definition) is 1. The standard InChI is InChI=1S/C12H14N4O/c1-2-6-14-10(3-1)11-15-12(17-16-11)9-4-7-13-8-5-9/h1-3,6,9,13H,4-5,7-8H2. The smallest absolute Gasteiger partial charge is 0.230 e. The van der Waals surface area contributed by atoms with Gasteiger partial charge in [-0.2, -0.15) is 4.98 Å². The summed E-state index contributed by atoms with van der Waals surface area (Å²) in [7, 11) is 0. The summed E-state index contributed by atoms with van der Waals surface area (Å²) in [6.07, 6.45) is 3.85. The molecular weight excluding hydrogens is 216 g/mol. The van der Waals surface area contributed by atoms with Gasteiger partial charge in [0.1, 0.15) is 5.69 Å². The molecular formula is C12H14N4O. The van der Waals surface area contributed by atoms with Crippen LogP contribution in [-0.2, 0) is 0 Å². The zero-order chi connectivity index (χ0) is 11.5. The fourth-order valence-electron chi connectivity index (χ4n) is 2.07. The maximum Gasteiger partial charge on any atom is 0.230 e. The summed E-state index contributed by atoms with van der Waals surface area (Å²) < 4.78 is 5.33. The van der Waals surface area contributed by atoms with Crippen molar-refractivity contribution < 1.29 is 4.52 Å². The minimum Gasteiger partial charge on any atom is -0.339 e. The summed E-state index contributed by atoms with van der Waals surface area (Å²) in [6.45, 7) is 2.04. The Bertz CT molecular complexity index is 476. The van der Waals surface area contributed by atoms with Crippen molar-refractivity contribution in [3.63, 3.8) is 0 Å². The van der Waals surface area contributed by atoms with Crippen LogP contribution in [0.2, 0.25) is 0 Å². The van der Waals surface area contributed by atoms with Crippen molar-refractivity contribution in [1.82, 2.24) is 20.4 Å². The Hall–Kier alpha value is -1.75. The molecule has 2 aromatic rings. The van der Waals surface area contributed by atoms with Crippen LogP contribution in [0.5, 0.6) is 0 Å². The van der Waals surface area contributed by atoms with Crippen molar-refractivity contribution in [3.8, 4) is 11.5 Å². The van der Waals surface area contributed by atoms with Crippen molar-refractivity contribution in [2.24, 2.45) is 0 Å². The van der Waals surface area contributed by atoms with Crippen LogP contribution < -0.4 is 5.32 Å². The fourth-order valence-corrected chi connectivity index (χ4v) is 2.07. The van der Waals surface area contributed by atoms with Gasteiger partial charge < -0.3 is 9.84 Å². The van der Waals surface area contributed by atoms with Crippen molar-refractivity contribution in [3.05, 3.63) is 30.3 Å². The summed E-state index contributed by atoms with van der Waals surface area (Å²) in [5, 5.41) is 7.31. The lowest BCUT2D eigenvalue weighted by Crippen LogP contribution is -2.26. The van der Waals surface area contributed by atoms with Gasteiger partial charge in [0.2, 0.25) is 11.7 Å². The molecule has 3 rings (SSSR count). The number of pyridine rings is 1. The second kappa shape index (κ2) is 4.63. The average Bonchev–Trinajstić information content (AvgIpc) is 2.90. The van der Waals surface area contributed by atoms with Gasteiger partial charge in [-0.25, -0.2) is 0 Å². The fraction of sp³-hybridized carbons (Fsp3) is 0.417. The number of nitrogens with one attached hydrogen (secondary N) is 1. The molecule has 3 heterocycles. The van der Waals surface area contributed by atoms with Crippen LogP contribution in [0.15, 0.2) is 28.9 Å². The van der Waals surface area contributed by atoms with Gasteiger partial charge >= 0.3 is 0 Å². The summed E-state index contributed by atoms with van der Waals surface area (Å²) in [5.41, 5.74) is 0.761. The third kappa shape index (κ3) is 2.19. The summed E-state index contributed by atoms with van der Waals surface area (Å²) in [6, 6.07) is 5.68. The molecule has 0 bridgehead atoms. The first kappa shape index (κ1) is 10.4. The molecule has 1 aliphatic heterocycles. The molecule has 0 spiro atoms. The lowest BCUT2D eigenvalue weighted by molar-refractivity contribution is 0.320. The molecule has 0 saturated carbocycles. The molecule has 5 nitrogen and oxygen atoms in total. The normalized spacial score (nSPS) is 17.2. The molecule has 17 heavy (non-hydrogen) atoms. The highest BCUT2D eigenvalue weighted by atomic mass is 16.5. The number of hydrogen-bond acceptors (Lipinski definition) is 5. The number of rotatable bonds is 2.